The molecule has 98 valence electrons. The van der Waals surface area contributed by atoms with Gasteiger partial charge in [0.2, 0.25) is 0 Å². The molecule has 0 amide bonds. The Morgan fingerprint density at radius 2 is 2.06 bits per heavy atom. The van der Waals surface area contributed by atoms with Gasteiger partial charge in [0.15, 0.2) is 0 Å². The van der Waals surface area contributed by atoms with Crippen LogP contribution in [0.15, 0.2) is 0 Å². The van der Waals surface area contributed by atoms with Crippen molar-refractivity contribution >= 4 is 11.3 Å². The number of ether oxygens (including phenoxy) is 1. The summed E-state index contributed by atoms with van der Waals surface area (Å²) in [5, 5.41) is 4.65. The van der Waals surface area contributed by atoms with Crippen LogP contribution in [0.4, 0.5) is 0 Å². The van der Waals surface area contributed by atoms with E-state index in [2.05, 4.69) is 33.0 Å². The number of methoxy groups -OCH3 is 1. The second kappa shape index (κ2) is 7.09. The molecule has 1 aromatic rings. The van der Waals surface area contributed by atoms with Crippen LogP contribution < -0.4 is 5.32 Å². The van der Waals surface area contributed by atoms with Crippen molar-refractivity contribution in [1.29, 1.82) is 0 Å². The van der Waals surface area contributed by atoms with Crippen molar-refractivity contribution in [2.75, 3.05) is 7.11 Å². The minimum atomic E-state index is 0.247. The molecule has 0 aliphatic carbocycles. The summed E-state index contributed by atoms with van der Waals surface area (Å²) in [4.78, 5) is 6.07. The first kappa shape index (κ1) is 14.6. The molecule has 0 radical (unpaired) electrons. The molecule has 0 saturated carbocycles. The first-order valence-corrected chi connectivity index (χ1v) is 7.12. The van der Waals surface area contributed by atoms with Crippen LogP contribution in [0.25, 0.3) is 0 Å². The molecule has 1 aromatic heterocycles. The van der Waals surface area contributed by atoms with Crippen molar-refractivity contribution in [3.8, 4) is 0 Å². The zero-order chi connectivity index (χ0) is 12.8. The smallest absolute Gasteiger partial charge is 0.0957 e. The summed E-state index contributed by atoms with van der Waals surface area (Å²) in [6, 6.07) is 0.517. The fourth-order valence-electron chi connectivity index (χ4n) is 1.56. The van der Waals surface area contributed by atoms with Gasteiger partial charge >= 0.3 is 0 Å². The zero-order valence-electron chi connectivity index (χ0n) is 11.5. The van der Waals surface area contributed by atoms with Gasteiger partial charge in [0.1, 0.15) is 0 Å². The molecule has 0 spiro atoms. The lowest BCUT2D eigenvalue weighted by Gasteiger charge is -2.06. The summed E-state index contributed by atoms with van der Waals surface area (Å²) in [6.45, 7) is 9.51. The van der Waals surface area contributed by atoms with Gasteiger partial charge in [0, 0.05) is 31.0 Å². The van der Waals surface area contributed by atoms with Crippen molar-refractivity contribution in [2.24, 2.45) is 0 Å². The van der Waals surface area contributed by atoms with Gasteiger partial charge < -0.3 is 10.1 Å². The third-order valence-electron chi connectivity index (χ3n) is 2.69. The third-order valence-corrected chi connectivity index (χ3v) is 3.81. The summed E-state index contributed by atoms with van der Waals surface area (Å²) in [5.41, 5.74) is 1.24. The number of hydrogen-bond donors (Lipinski definition) is 1. The topological polar surface area (TPSA) is 34.1 Å². The van der Waals surface area contributed by atoms with Crippen LogP contribution in [0, 0.1) is 0 Å². The van der Waals surface area contributed by atoms with E-state index in [1.807, 2.05) is 11.3 Å². The van der Waals surface area contributed by atoms with Crippen molar-refractivity contribution in [3.05, 3.63) is 15.6 Å². The Hall–Kier alpha value is -0.450. The molecule has 17 heavy (non-hydrogen) atoms. The van der Waals surface area contributed by atoms with Gasteiger partial charge in [-0.05, 0) is 13.3 Å². The van der Waals surface area contributed by atoms with Crippen LogP contribution in [0.5, 0.6) is 0 Å². The molecule has 1 unspecified atom stereocenters. The minimum Gasteiger partial charge on any atom is -0.381 e. The highest BCUT2D eigenvalue weighted by molar-refractivity contribution is 7.11. The fraction of sp³-hybridized carbons (Fsp3) is 0.769. The quantitative estimate of drug-likeness (QED) is 0.814. The molecular weight excluding hydrogens is 232 g/mol. The van der Waals surface area contributed by atoms with E-state index in [0.717, 1.165) is 19.4 Å². The van der Waals surface area contributed by atoms with E-state index < -0.39 is 0 Å². The van der Waals surface area contributed by atoms with Crippen LogP contribution in [-0.4, -0.2) is 24.2 Å². The monoisotopic (exact) mass is 256 g/mol. The van der Waals surface area contributed by atoms with Crippen LogP contribution in [0.3, 0.4) is 0 Å². The second-order valence-electron chi connectivity index (χ2n) is 4.62. The highest BCUT2D eigenvalue weighted by Crippen LogP contribution is 2.21. The SMILES string of the molecule is CCc1nc(CC(C)OC)sc1CNC(C)C. The summed E-state index contributed by atoms with van der Waals surface area (Å²) in [7, 11) is 1.75. The van der Waals surface area contributed by atoms with Crippen molar-refractivity contribution in [3.63, 3.8) is 0 Å². The number of aryl methyl sites for hydroxylation is 1. The zero-order valence-corrected chi connectivity index (χ0v) is 12.4. The molecule has 0 aromatic carbocycles. The maximum Gasteiger partial charge on any atom is 0.0957 e. The minimum absolute atomic E-state index is 0.247. The summed E-state index contributed by atoms with van der Waals surface area (Å²) >= 11 is 1.82. The van der Waals surface area contributed by atoms with Gasteiger partial charge in [-0.1, -0.05) is 20.8 Å². The molecule has 1 atom stereocenters. The van der Waals surface area contributed by atoms with E-state index in [0.29, 0.717) is 6.04 Å². The van der Waals surface area contributed by atoms with E-state index in [-0.39, 0.29) is 6.10 Å². The first-order valence-electron chi connectivity index (χ1n) is 6.30. The van der Waals surface area contributed by atoms with E-state index in [4.69, 9.17) is 9.72 Å². The largest absolute Gasteiger partial charge is 0.381 e. The molecule has 4 heteroatoms. The normalized spacial score (nSPS) is 13.3. The molecule has 0 fully saturated rings. The lowest BCUT2D eigenvalue weighted by molar-refractivity contribution is 0.118. The van der Waals surface area contributed by atoms with Gasteiger partial charge in [-0.15, -0.1) is 11.3 Å². The number of hydrogen-bond acceptors (Lipinski definition) is 4. The number of aromatic nitrogens is 1. The Morgan fingerprint density at radius 3 is 2.59 bits per heavy atom. The van der Waals surface area contributed by atoms with E-state index in [1.165, 1.54) is 15.6 Å². The Balaban J connectivity index is 2.68. The lowest BCUT2D eigenvalue weighted by atomic mass is 10.2. The highest BCUT2D eigenvalue weighted by Gasteiger charge is 2.12. The Kier molecular flexibility index (Phi) is 6.09. The second-order valence-corrected chi connectivity index (χ2v) is 5.79. The number of nitrogens with one attached hydrogen (secondary N) is 1. The summed E-state index contributed by atoms with van der Waals surface area (Å²) in [6.07, 6.45) is 2.17. The van der Waals surface area contributed by atoms with Crippen LogP contribution >= 0.6 is 11.3 Å². The molecule has 1 heterocycles. The Bertz CT molecular complexity index is 336. The van der Waals surface area contributed by atoms with Gasteiger partial charge in [0.05, 0.1) is 16.8 Å². The van der Waals surface area contributed by atoms with Crippen LogP contribution in [-0.2, 0) is 24.1 Å². The molecule has 3 nitrogen and oxygen atoms in total. The van der Waals surface area contributed by atoms with E-state index in [1.54, 1.807) is 7.11 Å². The lowest BCUT2D eigenvalue weighted by Crippen LogP contribution is -2.21. The third kappa shape index (κ3) is 4.74. The van der Waals surface area contributed by atoms with Crippen molar-refractivity contribution in [2.45, 2.75) is 59.2 Å². The molecular formula is C13H24N2OS. The standard InChI is InChI=1S/C13H24N2OS/c1-6-11-12(8-14-9(2)3)17-13(15-11)7-10(4)16-5/h9-10,14H,6-8H2,1-5H3. The van der Waals surface area contributed by atoms with Crippen molar-refractivity contribution in [1.82, 2.24) is 10.3 Å². The van der Waals surface area contributed by atoms with Crippen LogP contribution in [0.2, 0.25) is 0 Å². The maximum atomic E-state index is 5.29. The van der Waals surface area contributed by atoms with Gasteiger partial charge in [0.25, 0.3) is 0 Å². The van der Waals surface area contributed by atoms with E-state index >= 15 is 0 Å². The maximum absolute atomic E-state index is 5.29. The van der Waals surface area contributed by atoms with Crippen molar-refractivity contribution < 1.29 is 4.74 Å². The summed E-state index contributed by atoms with van der Waals surface area (Å²) in [5.74, 6) is 0. The molecule has 1 N–H and O–H groups in total. The Labute approximate surface area is 109 Å². The van der Waals surface area contributed by atoms with Gasteiger partial charge in [-0.3, -0.25) is 0 Å². The first-order chi connectivity index (χ1) is 8.06. The molecule has 1 rings (SSSR count). The molecule has 0 saturated heterocycles. The average Bonchev–Trinajstić information content (AvgIpc) is 2.68. The predicted octanol–water partition coefficient (Wildman–Crippen LogP) is 2.78. The summed E-state index contributed by atoms with van der Waals surface area (Å²) < 4.78 is 5.29. The van der Waals surface area contributed by atoms with E-state index in [9.17, 15) is 0 Å². The van der Waals surface area contributed by atoms with Gasteiger partial charge in [-0.2, -0.15) is 0 Å². The fourth-order valence-corrected chi connectivity index (χ4v) is 2.79. The number of rotatable bonds is 7. The van der Waals surface area contributed by atoms with Crippen LogP contribution in [0.1, 0.15) is 43.3 Å². The predicted molar refractivity (Wildman–Crippen MR) is 73.6 cm³/mol. The number of nitrogens with zero attached hydrogens (tertiary/aromatic N) is 1. The average molecular weight is 256 g/mol. The molecule has 0 bridgehead atoms. The highest BCUT2D eigenvalue weighted by atomic mass is 32.1. The van der Waals surface area contributed by atoms with Gasteiger partial charge in [-0.25, -0.2) is 4.98 Å². The molecule has 0 aliphatic heterocycles. The molecule has 0 aliphatic rings. The number of thiazole rings is 1. The Morgan fingerprint density at radius 1 is 1.35 bits per heavy atom.